The number of benzene rings is 1. The van der Waals surface area contributed by atoms with Crippen LogP contribution in [0.25, 0.3) is 11.4 Å². The maximum absolute atomic E-state index is 10.9. The molecule has 0 unspecified atom stereocenters. The van der Waals surface area contributed by atoms with Gasteiger partial charge in [-0.05, 0) is 18.6 Å². The van der Waals surface area contributed by atoms with Crippen LogP contribution in [0.5, 0.6) is 0 Å². The molecule has 0 fully saturated rings. The first-order valence-electron chi connectivity index (χ1n) is 4.18. The van der Waals surface area contributed by atoms with Crippen LogP contribution in [0.15, 0.2) is 23.0 Å². The minimum atomic E-state index is -0.318. The van der Waals surface area contributed by atoms with E-state index in [-0.39, 0.29) is 5.69 Å². The third-order valence-corrected chi connectivity index (χ3v) is 2.13. The van der Waals surface area contributed by atoms with Gasteiger partial charge in [0.25, 0.3) is 0 Å². The van der Waals surface area contributed by atoms with E-state index in [0.717, 1.165) is 11.1 Å². The van der Waals surface area contributed by atoms with E-state index < -0.39 is 0 Å². The minimum absolute atomic E-state index is 0.318. The largest absolute Gasteiger partial charge is 0.398 e. The van der Waals surface area contributed by atoms with Crippen molar-refractivity contribution in [2.24, 2.45) is 0 Å². The number of nitrogen functional groups attached to an aromatic ring is 1. The van der Waals surface area contributed by atoms with Gasteiger partial charge in [0.1, 0.15) is 0 Å². The summed E-state index contributed by atoms with van der Waals surface area (Å²) in [6.07, 6.45) is 0. The summed E-state index contributed by atoms with van der Waals surface area (Å²) in [5.41, 5.74) is 7.85. The summed E-state index contributed by atoms with van der Waals surface area (Å²) >= 11 is 0. The van der Waals surface area contributed by atoms with E-state index in [1.807, 2.05) is 25.1 Å². The Morgan fingerprint density at radius 1 is 1.43 bits per heavy atom. The van der Waals surface area contributed by atoms with Crippen molar-refractivity contribution in [2.45, 2.75) is 6.92 Å². The van der Waals surface area contributed by atoms with Gasteiger partial charge in [0.05, 0.1) is 0 Å². The van der Waals surface area contributed by atoms with Crippen molar-refractivity contribution in [3.05, 3.63) is 34.2 Å². The molecule has 0 amide bonds. The molecule has 14 heavy (non-hydrogen) atoms. The zero-order valence-corrected chi connectivity index (χ0v) is 7.66. The van der Waals surface area contributed by atoms with Gasteiger partial charge in [-0.1, -0.05) is 12.1 Å². The van der Waals surface area contributed by atoms with E-state index in [9.17, 15) is 4.79 Å². The number of nitrogens with one attached hydrogen (secondary N) is 2. The van der Waals surface area contributed by atoms with Gasteiger partial charge in [0.15, 0.2) is 5.82 Å². The smallest absolute Gasteiger partial charge is 0.340 e. The Kier molecular flexibility index (Phi) is 1.85. The lowest BCUT2D eigenvalue weighted by atomic mass is 10.1. The Labute approximate surface area is 80.0 Å². The van der Waals surface area contributed by atoms with Crippen molar-refractivity contribution < 1.29 is 0 Å². The molecular formula is C9H10N4O. The highest BCUT2D eigenvalue weighted by molar-refractivity contribution is 5.67. The van der Waals surface area contributed by atoms with Crippen molar-refractivity contribution in [1.82, 2.24) is 15.2 Å². The van der Waals surface area contributed by atoms with Crippen molar-refractivity contribution >= 4 is 5.69 Å². The standard InChI is InChI=1S/C9H10N4O/c1-5-6(3-2-4-7(5)10)8-11-9(14)13-12-8/h2-4H,10H2,1H3,(H2,11,12,13,14). The summed E-state index contributed by atoms with van der Waals surface area (Å²) in [4.78, 5) is 13.4. The Hall–Kier alpha value is -2.04. The van der Waals surface area contributed by atoms with Gasteiger partial charge in [-0.25, -0.2) is 9.89 Å². The molecule has 1 aromatic carbocycles. The number of aromatic amines is 2. The number of nitrogens with zero attached hydrogens (tertiary/aromatic N) is 1. The molecule has 0 spiro atoms. The van der Waals surface area contributed by atoms with Gasteiger partial charge < -0.3 is 5.73 Å². The Bertz CT molecular complexity index is 512. The number of hydrogen-bond acceptors (Lipinski definition) is 3. The van der Waals surface area contributed by atoms with Crippen LogP contribution in [0.2, 0.25) is 0 Å². The Morgan fingerprint density at radius 2 is 2.21 bits per heavy atom. The molecule has 2 rings (SSSR count). The fourth-order valence-electron chi connectivity index (χ4n) is 1.31. The normalized spacial score (nSPS) is 10.4. The molecule has 0 radical (unpaired) electrons. The highest BCUT2D eigenvalue weighted by atomic mass is 16.1. The van der Waals surface area contributed by atoms with E-state index in [1.165, 1.54) is 0 Å². The van der Waals surface area contributed by atoms with E-state index in [4.69, 9.17) is 5.73 Å². The molecule has 0 aliphatic rings. The van der Waals surface area contributed by atoms with Gasteiger partial charge in [0, 0.05) is 11.3 Å². The lowest BCUT2D eigenvalue weighted by Gasteiger charge is -2.03. The van der Waals surface area contributed by atoms with E-state index in [1.54, 1.807) is 0 Å². The topological polar surface area (TPSA) is 87.6 Å². The second-order valence-electron chi connectivity index (χ2n) is 3.05. The average molecular weight is 190 g/mol. The molecule has 0 aliphatic heterocycles. The number of anilines is 1. The summed E-state index contributed by atoms with van der Waals surface area (Å²) < 4.78 is 0. The van der Waals surface area contributed by atoms with Crippen LogP contribution in [0.3, 0.4) is 0 Å². The van der Waals surface area contributed by atoms with Crippen LogP contribution < -0.4 is 11.4 Å². The van der Waals surface area contributed by atoms with E-state index in [2.05, 4.69) is 15.2 Å². The Balaban J connectivity index is 2.62. The molecule has 2 aromatic rings. The van der Waals surface area contributed by atoms with Crippen molar-refractivity contribution in [3.8, 4) is 11.4 Å². The SMILES string of the molecule is Cc1c(N)cccc1-c1n[nH]c(=O)[nH]1. The zero-order valence-electron chi connectivity index (χ0n) is 7.66. The average Bonchev–Trinajstić information content (AvgIpc) is 2.57. The molecule has 0 atom stereocenters. The molecular weight excluding hydrogens is 180 g/mol. The second kappa shape index (κ2) is 3.02. The third kappa shape index (κ3) is 1.28. The molecule has 0 aliphatic carbocycles. The van der Waals surface area contributed by atoms with Gasteiger partial charge in [-0.3, -0.25) is 4.98 Å². The van der Waals surface area contributed by atoms with Gasteiger partial charge >= 0.3 is 5.69 Å². The van der Waals surface area contributed by atoms with Crippen LogP contribution >= 0.6 is 0 Å². The van der Waals surface area contributed by atoms with Gasteiger partial charge in [0.2, 0.25) is 0 Å². The quantitative estimate of drug-likeness (QED) is 0.577. The number of rotatable bonds is 1. The van der Waals surface area contributed by atoms with Crippen LogP contribution in [0.1, 0.15) is 5.56 Å². The summed E-state index contributed by atoms with van der Waals surface area (Å²) in [5, 5.41) is 6.15. The van der Waals surface area contributed by atoms with Gasteiger partial charge in [-0.2, -0.15) is 5.10 Å². The first-order valence-corrected chi connectivity index (χ1v) is 4.18. The van der Waals surface area contributed by atoms with E-state index in [0.29, 0.717) is 11.5 Å². The number of H-pyrrole nitrogens is 2. The van der Waals surface area contributed by atoms with Crippen LogP contribution in [-0.2, 0) is 0 Å². The lowest BCUT2D eigenvalue weighted by molar-refractivity contribution is 1.05. The predicted octanol–water partition coefficient (Wildman–Crippen LogP) is 0.656. The molecule has 0 bridgehead atoms. The van der Waals surface area contributed by atoms with Crippen LogP contribution in [0, 0.1) is 6.92 Å². The summed E-state index contributed by atoms with van der Waals surface area (Å²) in [5.74, 6) is 0.514. The summed E-state index contributed by atoms with van der Waals surface area (Å²) in [6.45, 7) is 1.89. The summed E-state index contributed by atoms with van der Waals surface area (Å²) in [6, 6.07) is 5.49. The maximum Gasteiger partial charge on any atom is 0.340 e. The molecule has 0 saturated heterocycles. The highest BCUT2D eigenvalue weighted by Crippen LogP contribution is 2.22. The molecule has 1 aromatic heterocycles. The third-order valence-electron chi connectivity index (χ3n) is 2.13. The lowest BCUT2D eigenvalue weighted by Crippen LogP contribution is -2.00. The van der Waals surface area contributed by atoms with Crippen molar-refractivity contribution in [3.63, 3.8) is 0 Å². The van der Waals surface area contributed by atoms with Gasteiger partial charge in [-0.15, -0.1) is 0 Å². The molecule has 1 heterocycles. The fraction of sp³-hybridized carbons (Fsp3) is 0.111. The summed E-state index contributed by atoms with van der Waals surface area (Å²) in [7, 11) is 0. The molecule has 0 saturated carbocycles. The fourth-order valence-corrected chi connectivity index (χ4v) is 1.31. The highest BCUT2D eigenvalue weighted by Gasteiger charge is 2.06. The molecule has 5 heteroatoms. The minimum Gasteiger partial charge on any atom is -0.398 e. The maximum atomic E-state index is 10.9. The number of hydrogen-bond donors (Lipinski definition) is 3. The predicted molar refractivity (Wildman–Crippen MR) is 53.8 cm³/mol. The molecule has 4 N–H and O–H groups in total. The van der Waals surface area contributed by atoms with Crippen molar-refractivity contribution in [1.29, 1.82) is 0 Å². The van der Waals surface area contributed by atoms with Crippen LogP contribution in [0.4, 0.5) is 5.69 Å². The van der Waals surface area contributed by atoms with Crippen molar-refractivity contribution in [2.75, 3.05) is 5.73 Å². The first kappa shape index (κ1) is 8.55. The molecule has 5 nitrogen and oxygen atoms in total. The zero-order chi connectivity index (χ0) is 10.1. The number of nitrogens with two attached hydrogens (primary N) is 1. The Morgan fingerprint density at radius 3 is 2.86 bits per heavy atom. The van der Waals surface area contributed by atoms with Crippen LogP contribution in [-0.4, -0.2) is 15.2 Å². The monoisotopic (exact) mass is 190 g/mol. The molecule has 72 valence electrons. The van der Waals surface area contributed by atoms with E-state index >= 15 is 0 Å². The second-order valence-corrected chi connectivity index (χ2v) is 3.05. The first-order chi connectivity index (χ1) is 6.68. The number of aromatic nitrogens is 3.